The van der Waals surface area contributed by atoms with Crippen LogP contribution < -0.4 is 0 Å². The van der Waals surface area contributed by atoms with Crippen molar-refractivity contribution in [2.24, 2.45) is 0 Å². The predicted molar refractivity (Wildman–Crippen MR) is 83.9 cm³/mol. The summed E-state index contributed by atoms with van der Waals surface area (Å²) in [6.07, 6.45) is 8.91. The number of benzene rings is 2. The largest absolute Gasteiger partial charge is 0.478 e. The second-order valence-electron chi connectivity index (χ2n) is 4.65. The van der Waals surface area contributed by atoms with Gasteiger partial charge >= 0.3 is 5.97 Å². The van der Waals surface area contributed by atoms with Crippen LogP contribution in [0.2, 0.25) is 0 Å². The van der Waals surface area contributed by atoms with Crippen molar-refractivity contribution in [3.8, 4) is 29.2 Å². The number of aromatic nitrogens is 2. The highest BCUT2D eigenvalue weighted by Crippen LogP contribution is 2.32. The maximum absolute atomic E-state index is 11.6. The number of rotatable bonds is 3. The second-order valence-corrected chi connectivity index (χ2v) is 4.65. The Bertz CT molecular complexity index is 860. The summed E-state index contributed by atoms with van der Waals surface area (Å²) in [5, 5.41) is 13.7. The van der Waals surface area contributed by atoms with Gasteiger partial charge in [-0.1, -0.05) is 36.3 Å². The Balaban J connectivity index is 2.42. The molecule has 0 spiro atoms. The van der Waals surface area contributed by atoms with Gasteiger partial charge in [-0.3, -0.25) is 0 Å². The zero-order valence-corrected chi connectivity index (χ0v) is 11.6. The Hall–Kier alpha value is -3.32. The van der Waals surface area contributed by atoms with Crippen LogP contribution in [0.1, 0.15) is 15.9 Å². The third-order valence-corrected chi connectivity index (χ3v) is 3.36. The second kappa shape index (κ2) is 5.58. The fraction of sp³-hybridized carbons (Fsp3) is 0. The first kappa shape index (κ1) is 13.7. The smallest absolute Gasteiger partial charge is 0.337 e. The van der Waals surface area contributed by atoms with Crippen molar-refractivity contribution in [2.45, 2.75) is 0 Å². The fourth-order valence-electron chi connectivity index (χ4n) is 2.42. The highest BCUT2D eigenvalue weighted by Gasteiger charge is 2.20. The van der Waals surface area contributed by atoms with E-state index in [1.54, 1.807) is 24.5 Å². The van der Waals surface area contributed by atoms with Crippen molar-refractivity contribution in [3.05, 3.63) is 72.1 Å². The van der Waals surface area contributed by atoms with Gasteiger partial charge in [0.15, 0.2) is 0 Å². The van der Waals surface area contributed by atoms with E-state index in [0.29, 0.717) is 16.8 Å². The molecule has 4 heteroatoms. The van der Waals surface area contributed by atoms with Crippen LogP contribution >= 0.6 is 0 Å². The average Bonchev–Trinajstić information content (AvgIpc) is 3.08. The number of carboxylic acids is 1. The standard InChI is InChI=1S/C18H12N2O2/c1-2-13-9-10-15(18(21)22)17(20-12-6-11-19-20)16(13)14-7-4-3-5-8-14/h1,3-12H,(H,21,22). The van der Waals surface area contributed by atoms with E-state index in [9.17, 15) is 9.90 Å². The van der Waals surface area contributed by atoms with Crippen LogP contribution in [0.4, 0.5) is 0 Å². The normalized spacial score (nSPS) is 10.1. The summed E-state index contributed by atoms with van der Waals surface area (Å²) in [6, 6.07) is 14.4. The lowest BCUT2D eigenvalue weighted by Gasteiger charge is -2.15. The van der Waals surface area contributed by atoms with Crippen LogP contribution in [0.5, 0.6) is 0 Å². The van der Waals surface area contributed by atoms with E-state index in [1.807, 2.05) is 30.3 Å². The van der Waals surface area contributed by atoms with Crippen molar-refractivity contribution in [1.82, 2.24) is 9.78 Å². The molecule has 2 aromatic carbocycles. The molecular formula is C18H12N2O2. The minimum absolute atomic E-state index is 0.154. The third-order valence-electron chi connectivity index (χ3n) is 3.36. The zero-order valence-electron chi connectivity index (χ0n) is 11.6. The summed E-state index contributed by atoms with van der Waals surface area (Å²) in [5.41, 5.74) is 2.79. The molecule has 0 radical (unpaired) electrons. The van der Waals surface area contributed by atoms with E-state index in [0.717, 1.165) is 5.56 Å². The van der Waals surface area contributed by atoms with Crippen molar-refractivity contribution < 1.29 is 9.90 Å². The molecule has 0 unspecified atom stereocenters. The molecule has 0 aliphatic carbocycles. The Morgan fingerprint density at radius 2 is 1.91 bits per heavy atom. The highest BCUT2D eigenvalue weighted by atomic mass is 16.4. The maximum Gasteiger partial charge on any atom is 0.337 e. The van der Waals surface area contributed by atoms with Crippen molar-refractivity contribution in [1.29, 1.82) is 0 Å². The summed E-state index contributed by atoms with van der Waals surface area (Å²) >= 11 is 0. The van der Waals surface area contributed by atoms with Crippen molar-refractivity contribution in [3.63, 3.8) is 0 Å². The molecule has 0 saturated carbocycles. The molecule has 0 aliphatic rings. The molecule has 0 aliphatic heterocycles. The van der Waals surface area contributed by atoms with Gasteiger partial charge in [-0.25, -0.2) is 9.48 Å². The van der Waals surface area contributed by atoms with Gasteiger partial charge in [-0.05, 0) is 23.8 Å². The minimum Gasteiger partial charge on any atom is -0.478 e. The zero-order chi connectivity index (χ0) is 15.5. The van der Waals surface area contributed by atoms with Crippen LogP contribution in [-0.2, 0) is 0 Å². The van der Waals surface area contributed by atoms with Gasteiger partial charge in [0.2, 0.25) is 0 Å². The van der Waals surface area contributed by atoms with Gasteiger partial charge in [0.1, 0.15) is 0 Å². The number of nitrogens with zero attached hydrogens (tertiary/aromatic N) is 2. The Labute approximate surface area is 127 Å². The number of hydrogen-bond acceptors (Lipinski definition) is 2. The highest BCUT2D eigenvalue weighted by molar-refractivity contribution is 5.97. The number of carbonyl (C=O) groups is 1. The van der Waals surface area contributed by atoms with Crippen LogP contribution in [-0.4, -0.2) is 20.9 Å². The molecule has 3 rings (SSSR count). The monoisotopic (exact) mass is 288 g/mol. The molecular weight excluding hydrogens is 276 g/mol. The van der Waals surface area contributed by atoms with Gasteiger partial charge in [0, 0.05) is 23.5 Å². The van der Waals surface area contributed by atoms with Crippen LogP contribution in [0.15, 0.2) is 60.9 Å². The third kappa shape index (κ3) is 2.25. The van der Waals surface area contributed by atoms with E-state index in [-0.39, 0.29) is 5.56 Å². The van der Waals surface area contributed by atoms with Gasteiger partial charge in [0.05, 0.1) is 11.3 Å². The molecule has 106 valence electrons. The molecule has 22 heavy (non-hydrogen) atoms. The molecule has 3 aromatic rings. The number of hydrogen-bond donors (Lipinski definition) is 1. The Morgan fingerprint density at radius 3 is 2.50 bits per heavy atom. The molecule has 1 N–H and O–H groups in total. The molecule has 1 heterocycles. The molecule has 0 atom stereocenters. The predicted octanol–water partition coefficient (Wildman–Crippen LogP) is 3.22. The van der Waals surface area contributed by atoms with E-state index >= 15 is 0 Å². The molecule has 0 fully saturated rings. The minimum atomic E-state index is -1.02. The van der Waals surface area contributed by atoms with E-state index in [1.165, 1.54) is 10.7 Å². The maximum atomic E-state index is 11.6. The number of carboxylic acid groups (broad SMARTS) is 1. The topological polar surface area (TPSA) is 55.1 Å². The summed E-state index contributed by atoms with van der Waals surface area (Å²) < 4.78 is 1.53. The van der Waals surface area contributed by atoms with Gasteiger partial charge in [0.25, 0.3) is 0 Å². The summed E-state index contributed by atoms with van der Waals surface area (Å²) in [6.45, 7) is 0. The van der Waals surface area contributed by atoms with Crippen molar-refractivity contribution >= 4 is 5.97 Å². The fourth-order valence-corrected chi connectivity index (χ4v) is 2.42. The molecule has 4 nitrogen and oxygen atoms in total. The van der Waals surface area contributed by atoms with Crippen LogP contribution in [0.25, 0.3) is 16.8 Å². The van der Waals surface area contributed by atoms with Crippen molar-refractivity contribution in [2.75, 3.05) is 0 Å². The molecule has 0 saturated heterocycles. The van der Waals surface area contributed by atoms with E-state index in [2.05, 4.69) is 11.0 Å². The Morgan fingerprint density at radius 1 is 1.14 bits per heavy atom. The summed E-state index contributed by atoms with van der Waals surface area (Å²) in [4.78, 5) is 11.6. The molecule has 1 aromatic heterocycles. The van der Waals surface area contributed by atoms with Gasteiger partial charge in [-0.2, -0.15) is 5.10 Å². The number of aromatic carboxylic acids is 1. The van der Waals surface area contributed by atoms with Crippen LogP contribution in [0, 0.1) is 12.3 Å². The molecule has 0 bridgehead atoms. The lowest BCUT2D eigenvalue weighted by Crippen LogP contribution is -2.09. The number of terminal acetylenes is 1. The average molecular weight is 288 g/mol. The first-order valence-electron chi connectivity index (χ1n) is 6.64. The summed E-state index contributed by atoms with van der Waals surface area (Å²) in [7, 11) is 0. The lowest BCUT2D eigenvalue weighted by molar-refractivity contribution is 0.0697. The van der Waals surface area contributed by atoms with E-state index in [4.69, 9.17) is 6.42 Å². The molecule has 0 amide bonds. The Kier molecular flexibility index (Phi) is 3.47. The quantitative estimate of drug-likeness (QED) is 0.753. The first-order chi connectivity index (χ1) is 10.7. The lowest BCUT2D eigenvalue weighted by atomic mass is 9.94. The van der Waals surface area contributed by atoms with Gasteiger partial charge < -0.3 is 5.11 Å². The van der Waals surface area contributed by atoms with E-state index < -0.39 is 5.97 Å². The van der Waals surface area contributed by atoms with Gasteiger partial charge in [-0.15, -0.1) is 6.42 Å². The summed E-state index contributed by atoms with van der Waals surface area (Å²) in [5.74, 6) is 1.61. The van der Waals surface area contributed by atoms with Crippen LogP contribution in [0.3, 0.4) is 0 Å². The SMILES string of the molecule is C#Cc1ccc(C(=O)O)c(-n2cccn2)c1-c1ccccc1. The first-order valence-corrected chi connectivity index (χ1v) is 6.64.